The van der Waals surface area contributed by atoms with Crippen molar-refractivity contribution in [3.05, 3.63) is 0 Å². The summed E-state index contributed by atoms with van der Waals surface area (Å²) in [6, 6.07) is 0. The third-order valence-electron chi connectivity index (χ3n) is 2.79. The van der Waals surface area contributed by atoms with Crippen molar-refractivity contribution in [3.63, 3.8) is 0 Å². The first-order valence-corrected chi connectivity index (χ1v) is 5.32. The van der Waals surface area contributed by atoms with Gasteiger partial charge in [0.1, 0.15) is 0 Å². The summed E-state index contributed by atoms with van der Waals surface area (Å²) in [6.07, 6.45) is 6.17. The molecule has 3 N–H and O–H groups in total. The van der Waals surface area contributed by atoms with Gasteiger partial charge in [-0.2, -0.15) is 0 Å². The zero-order valence-corrected chi connectivity index (χ0v) is 8.21. The first-order valence-electron chi connectivity index (χ1n) is 5.32. The summed E-state index contributed by atoms with van der Waals surface area (Å²) in [4.78, 5) is 0. The molecule has 0 heterocycles. The monoisotopic (exact) mass is 187 g/mol. The Hall–Kier alpha value is -0.120. The number of nitrogens with one attached hydrogen (secondary N) is 1. The molecule has 1 fully saturated rings. The van der Waals surface area contributed by atoms with Gasteiger partial charge in [0.05, 0.1) is 12.7 Å². The van der Waals surface area contributed by atoms with E-state index in [2.05, 4.69) is 5.32 Å². The summed E-state index contributed by atoms with van der Waals surface area (Å²) in [5, 5.41) is 20.7. The average molecular weight is 187 g/mol. The van der Waals surface area contributed by atoms with Gasteiger partial charge in [-0.15, -0.1) is 0 Å². The predicted molar refractivity (Wildman–Crippen MR) is 52.5 cm³/mol. The van der Waals surface area contributed by atoms with Crippen LogP contribution in [0.25, 0.3) is 0 Å². The highest BCUT2D eigenvalue weighted by Crippen LogP contribution is 2.26. The molecule has 3 nitrogen and oxygen atoms in total. The van der Waals surface area contributed by atoms with E-state index in [4.69, 9.17) is 10.2 Å². The van der Waals surface area contributed by atoms with Gasteiger partial charge in [-0.1, -0.05) is 25.7 Å². The van der Waals surface area contributed by atoms with E-state index in [1.807, 2.05) is 0 Å². The Bertz CT molecular complexity index is 124. The SMILES string of the molecule is OC[C@@H](O)CNCCC1CCCC1. The average Bonchev–Trinajstić information content (AvgIpc) is 2.64. The largest absolute Gasteiger partial charge is 0.394 e. The van der Waals surface area contributed by atoms with Crippen LogP contribution in [0.5, 0.6) is 0 Å². The molecule has 0 aromatic heterocycles. The molecule has 1 aliphatic rings. The van der Waals surface area contributed by atoms with Crippen LogP contribution < -0.4 is 5.32 Å². The highest BCUT2D eigenvalue weighted by atomic mass is 16.3. The summed E-state index contributed by atoms with van der Waals surface area (Å²) in [6.45, 7) is 1.35. The van der Waals surface area contributed by atoms with Gasteiger partial charge in [-0.3, -0.25) is 0 Å². The molecule has 0 aliphatic heterocycles. The highest BCUT2D eigenvalue weighted by molar-refractivity contribution is 4.68. The fourth-order valence-corrected chi connectivity index (χ4v) is 1.94. The van der Waals surface area contributed by atoms with Gasteiger partial charge in [0.25, 0.3) is 0 Å². The third-order valence-corrected chi connectivity index (χ3v) is 2.79. The maximum Gasteiger partial charge on any atom is 0.0894 e. The van der Waals surface area contributed by atoms with Crippen molar-refractivity contribution >= 4 is 0 Å². The fraction of sp³-hybridized carbons (Fsp3) is 1.00. The minimum absolute atomic E-state index is 0.142. The molecule has 0 unspecified atom stereocenters. The van der Waals surface area contributed by atoms with Gasteiger partial charge in [0, 0.05) is 6.54 Å². The summed E-state index contributed by atoms with van der Waals surface area (Å²) >= 11 is 0. The van der Waals surface area contributed by atoms with E-state index in [9.17, 15) is 0 Å². The molecule has 13 heavy (non-hydrogen) atoms. The van der Waals surface area contributed by atoms with Crippen molar-refractivity contribution in [1.29, 1.82) is 0 Å². The zero-order chi connectivity index (χ0) is 9.52. The van der Waals surface area contributed by atoms with Crippen LogP contribution in [0.2, 0.25) is 0 Å². The van der Waals surface area contributed by atoms with Crippen LogP contribution in [0.15, 0.2) is 0 Å². The number of aliphatic hydroxyl groups is 2. The van der Waals surface area contributed by atoms with E-state index >= 15 is 0 Å². The summed E-state index contributed by atoms with van der Waals surface area (Å²) in [7, 11) is 0. The lowest BCUT2D eigenvalue weighted by atomic mass is 10.0. The first-order chi connectivity index (χ1) is 6.33. The van der Waals surface area contributed by atoms with Crippen LogP contribution in [0.1, 0.15) is 32.1 Å². The second-order valence-corrected chi connectivity index (χ2v) is 3.98. The quantitative estimate of drug-likeness (QED) is 0.531. The van der Waals surface area contributed by atoms with Crippen molar-refractivity contribution in [3.8, 4) is 0 Å². The van der Waals surface area contributed by atoms with Crippen molar-refractivity contribution in [2.24, 2.45) is 5.92 Å². The van der Waals surface area contributed by atoms with Gasteiger partial charge in [0.2, 0.25) is 0 Å². The zero-order valence-electron chi connectivity index (χ0n) is 8.21. The maximum absolute atomic E-state index is 9.04. The molecule has 3 heteroatoms. The lowest BCUT2D eigenvalue weighted by molar-refractivity contribution is 0.0943. The van der Waals surface area contributed by atoms with E-state index in [1.165, 1.54) is 32.1 Å². The minimum Gasteiger partial charge on any atom is -0.394 e. The van der Waals surface area contributed by atoms with E-state index in [0.717, 1.165) is 12.5 Å². The van der Waals surface area contributed by atoms with Crippen LogP contribution in [0, 0.1) is 5.92 Å². The number of hydrogen-bond acceptors (Lipinski definition) is 3. The van der Waals surface area contributed by atoms with Crippen LogP contribution in [-0.4, -0.2) is 36.0 Å². The van der Waals surface area contributed by atoms with Gasteiger partial charge >= 0.3 is 0 Å². The molecule has 1 atom stereocenters. The number of aliphatic hydroxyl groups excluding tert-OH is 2. The van der Waals surface area contributed by atoms with Crippen LogP contribution in [-0.2, 0) is 0 Å². The van der Waals surface area contributed by atoms with Gasteiger partial charge in [0.15, 0.2) is 0 Å². The topological polar surface area (TPSA) is 52.5 Å². The van der Waals surface area contributed by atoms with Crippen LogP contribution in [0.3, 0.4) is 0 Å². The lowest BCUT2D eigenvalue weighted by Crippen LogP contribution is -2.30. The Kier molecular flexibility index (Phi) is 5.35. The van der Waals surface area contributed by atoms with Crippen molar-refractivity contribution in [2.75, 3.05) is 19.7 Å². The molecule has 0 bridgehead atoms. The maximum atomic E-state index is 9.04. The van der Waals surface area contributed by atoms with Crippen LogP contribution >= 0.6 is 0 Å². The molecule has 0 saturated heterocycles. The highest BCUT2D eigenvalue weighted by Gasteiger charge is 2.13. The molecule has 1 aliphatic carbocycles. The van der Waals surface area contributed by atoms with E-state index in [-0.39, 0.29) is 6.61 Å². The van der Waals surface area contributed by atoms with E-state index < -0.39 is 6.10 Å². The molecule has 0 spiro atoms. The Balaban J connectivity index is 1.88. The molecular formula is C10H21NO2. The Morgan fingerprint density at radius 3 is 2.62 bits per heavy atom. The van der Waals surface area contributed by atoms with Gasteiger partial charge < -0.3 is 15.5 Å². The van der Waals surface area contributed by atoms with Crippen molar-refractivity contribution in [1.82, 2.24) is 5.32 Å². The third kappa shape index (κ3) is 4.60. The summed E-state index contributed by atoms with van der Waals surface area (Å²) in [5.41, 5.74) is 0. The van der Waals surface area contributed by atoms with Gasteiger partial charge in [-0.25, -0.2) is 0 Å². The van der Waals surface area contributed by atoms with Crippen molar-refractivity contribution < 1.29 is 10.2 Å². The standard InChI is InChI=1S/C10H21NO2/c12-8-10(13)7-11-6-5-9-3-1-2-4-9/h9-13H,1-8H2/t10-/m0/s1. The molecule has 0 amide bonds. The lowest BCUT2D eigenvalue weighted by Gasteiger charge is -2.11. The molecule has 78 valence electrons. The molecule has 1 rings (SSSR count). The first kappa shape index (κ1) is 11.0. The molecule has 0 aromatic carbocycles. The number of rotatable bonds is 6. The second kappa shape index (κ2) is 6.35. The predicted octanol–water partition coefficient (Wildman–Crippen LogP) is 0.509. The Morgan fingerprint density at radius 1 is 1.31 bits per heavy atom. The van der Waals surface area contributed by atoms with E-state index in [0.29, 0.717) is 6.54 Å². The molecule has 0 radical (unpaired) electrons. The summed E-state index contributed by atoms with van der Waals surface area (Å²) < 4.78 is 0. The number of hydrogen-bond donors (Lipinski definition) is 3. The van der Waals surface area contributed by atoms with Gasteiger partial charge in [-0.05, 0) is 18.9 Å². The van der Waals surface area contributed by atoms with Crippen molar-refractivity contribution in [2.45, 2.75) is 38.2 Å². The van der Waals surface area contributed by atoms with E-state index in [1.54, 1.807) is 0 Å². The fourth-order valence-electron chi connectivity index (χ4n) is 1.94. The summed E-state index contributed by atoms with van der Waals surface area (Å²) in [5.74, 6) is 0.902. The Morgan fingerprint density at radius 2 is 2.00 bits per heavy atom. The smallest absolute Gasteiger partial charge is 0.0894 e. The normalized spacial score (nSPS) is 20.8. The minimum atomic E-state index is -0.594. The Labute approximate surface area is 80.2 Å². The van der Waals surface area contributed by atoms with Crippen LogP contribution in [0.4, 0.5) is 0 Å². The molecule has 1 saturated carbocycles. The molecule has 0 aromatic rings. The second-order valence-electron chi connectivity index (χ2n) is 3.98. The molecular weight excluding hydrogens is 166 g/mol.